The number of hydrogen-bond donors (Lipinski definition) is 0. The van der Waals surface area contributed by atoms with Crippen molar-refractivity contribution in [2.45, 2.75) is 72.8 Å². The van der Waals surface area contributed by atoms with Crippen LogP contribution in [-0.2, 0) is 9.59 Å². The van der Waals surface area contributed by atoms with E-state index < -0.39 is 0 Å². The highest BCUT2D eigenvalue weighted by atomic mass is 16.2. The zero-order valence-corrected chi connectivity index (χ0v) is 13.7. The summed E-state index contributed by atoms with van der Waals surface area (Å²) in [7, 11) is 0. The summed E-state index contributed by atoms with van der Waals surface area (Å²) in [6, 6.07) is 0.134. The molecule has 1 heterocycles. The Bertz CT molecular complexity index is 397. The number of nitrogens with zero attached hydrogens (tertiary/aromatic N) is 1. The van der Waals surface area contributed by atoms with Gasteiger partial charge in [0.05, 0.1) is 0 Å². The van der Waals surface area contributed by atoms with Crippen LogP contribution in [0.3, 0.4) is 0 Å². The molecule has 1 saturated carbocycles. The molecule has 114 valence electrons. The van der Waals surface area contributed by atoms with Crippen LogP contribution < -0.4 is 0 Å². The van der Waals surface area contributed by atoms with Gasteiger partial charge in [-0.2, -0.15) is 0 Å². The fourth-order valence-corrected chi connectivity index (χ4v) is 3.99. The molecule has 2 rings (SSSR count). The normalized spacial score (nSPS) is 28.9. The van der Waals surface area contributed by atoms with Crippen molar-refractivity contribution >= 4 is 11.7 Å². The van der Waals surface area contributed by atoms with Gasteiger partial charge in [-0.15, -0.1) is 0 Å². The molecular formula is C17H29NO2. The van der Waals surface area contributed by atoms with Gasteiger partial charge in [0.15, 0.2) is 0 Å². The van der Waals surface area contributed by atoms with E-state index in [1.807, 2.05) is 4.90 Å². The summed E-state index contributed by atoms with van der Waals surface area (Å²) in [5, 5.41) is 0. The van der Waals surface area contributed by atoms with Gasteiger partial charge in [0.2, 0.25) is 5.91 Å². The van der Waals surface area contributed by atoms with E-state index in [4.69, 9.17) is 0 Å². The van der Waals surface area contributed by atoms with Crippen LogP contribution in [0.1, 0.15) is 66.7 Å². The average molecular weight is 279 g/mol. The largest absolute Gasteiger partial charge is 0.339 e. The van der Waals surface area contributed by atoms with Crippen molar-refractivity contribution in [3.63, 3.8) is 0 Å². The Hall–Kier alpha value is -0.860. The molecule has 3 nitrogen and oxygen atoms in total. The third kappa shape index (κ3) is 2.51. The highest BCUT2D eigenvalue weighted by Crippen LogP contribution is 2.69. The summed E-state index contributed by atoms with van der Waals surface area (Å²) in [5.74, 6) is 0.597. The fraction of sp³-hybridized carbons (Fsp3) is 0.882. The topological polar surface area (TPSA) is 37.4 Å². The molecule has 0 aromatic carbocycles. The summed E-state index contributed by atoms with van der Waals surface area (Å²) >= 11 is 0. The quantitative estimate of drug-likeness (QED) is 0.794. The second-order valence-electron chi connectivity index (χ2n) is 7.82. The van der Waals surface area contributed by atoms with Gasteiger partial charge < -0.3 is 4.90 Å². The minimum Gasteiger partial charge on any atom is -0.339 e. The van der Waals surface area contributed by atoms with Gasteiger partial charge in [0.1, 0.15) is 5.78 Å². The van der Waals surface area contributed by atoms with Crippen molar-refractivity contribution in [1.29, 1.82) is 0 Å². The van der Waals surface area contributed by atoms with Crippen LogP contribution in [-0.4, -0.2) is 29.2 Å². The van der Waals surface area contributed by atoms with Gasteiger partial charge in [-0.1, -0.05) is 40.5 Å². The number of ketones is 1. The lowest BCUT2D eigenvalue weighted by atomic mass is 10.0. The Morgan fingerprint density at radius 2 is 1.65 bits per heavy atom. The van der Waals surface area contributed by atoms with Gasteiger partial charge in [0, 0.05) is 24.9 Å². The molecule has 0 spiro atoms. The third-order valence-electron chi connectivity index (χ3n) is 5.95. The lowest BCUT2D eigenvalue weighted by Crippen LogP contribution is -2.42. The lowest BCUT2D eigenvalue weighted by molar-refractivity contribution is -0.136. The molecule has 1 unspecified atom stereocenters. The lowest BCUT2D eigenvalue weighted by Gasteiger charge is -2.30. The monoisotopic (exact) mass is 279 g/mol. The molecule has 1 atom stereocenters. The molecular weight excluding hydrogens is 250 g/mol. The zero-order chi connectivity index (χ0) is 15.1. The summed E-state index contributed by atoms with van der Waals surface area (Å²) in [5.41, 5.74) is 0.161. The average Bonchev–Trinajstić information content (AvgIpc) is 2.83. The first kappa shape index (κ1) is 15.5. The minimum absolute atomic E-state index is 0.0805. The molecule has 1 aliphatic carbocycles. The molecule has 2 aliphatic rings. The van der Waals surface area contributed by atoms with E-state index in [0.717, 1.165) is 25.8 Å². The van der Waals surface area contributed by atoms with Crippen LogP contribution in [0.15, 0.2) is 0 Å². The summed E-state index contributed by atoms with van der Waals surface area (Å²) in [6.07, 6.45) is 4.90. The SMILES string of the molecule is CC(=O)CC1CCCCCN1C(=O)C1C(C)(C)C1(C)C. The molecule has 0 bridgehead atoms. The van der Waals surface area contributed by atoms with Crippen molar-refractivity contribution in [2.24, 2.45) is 16.7 Å². The van der Waals surface area contributed by atoms with Crippen molar-refractivity contribution < 1.29 is 9.59 Å². The molecule has 2 fully saturated rings. The number of rotatable bonds is 3. The van der Waals surface area contributed by atoms with Crippen LogP contribution in [0.25, 0.3) is 0 Å². The van der Waals surface area contributed by atoms with E-state index in [-0.39, 0.29) is 34.5 Å². The van der Waals surface area contributed by atoms with Crippen molar-refractivity contribution in [3.8, 4) is 0 Å². The van der Waals surface area contributed by atoms with Gasteiger partial charge >= 0.3 is 0 Å². The molecule has 1 amide bonds. The maximum absolute atomic E-state index is 13.0. The molecule has 20 heavy (non-hydrogen) atoms. The highest BCUT2D eigenvalue weighted by molar-refractivity contribution is 5.85. The number of likely N-dealkylation sites (tertiary alicyclic amines) is 1. The van der Waals surface area contributed by atoms with Gasteiger partial charge in [-0.3, -0.25) is 9.59 Å². The molecule has 1 aliphatic heterocycles. The number of hydrogen-bond acceptors (Lipinski definition) is 2. The zero-order valence-electron chi connectivity index (χ0n) is 13.7. The van der Waals surface area contributed by atoms with Gasteiger partial charge in [0.25, 0.3) is 0 Å². The van der Waals surface area contributed by atoms with E-state index in [1.54, 1.807) is 6.92 Å². The van der Waals surface area contributed by atoms with E-state index in [1.165, 1.54) is 6.42 Å². The Morgan fingerprint density at radius 1 is 1.05 bits per heavy atom. The molecule has 0 aromatic rings. The predicted octanol–water partition coefficient (Wildman–Crippen LogP) is 3.42. The maximum Gasteiger partial charge on any atom is 0.227 e. The van der Waals surface area contributed by atoms with Crippen LogP contribution in [0.4, 0.5) is 0 Å². The van der Waals surface area contributed by atoms with Crippen LogP contribution in [0.5, 0.6) is 0 Å². The maximum atomic E-state index is 13.0. The highest BCUT2D eigenvalue weighted by Gasteiger charge is 2.69. The number of carbonyl (C=O) groups excluding carboxylic acids is 2. The number of amides is 1. The second kappa shape index (κ2) is 5.16. The molecule has 0 radical (unpaired) electrons. The van der Waals surface area contributed by atoms with E-state index in [9.17, 15) is 9.59 Å². The fourth-order valence-electron chi connectivity index (χ4n) is 3.99. The van der Waals surface area contributed by atoms with Crippen LogP contribution >= 0.6 is 0 Å². The van der Waals surface area contributed by atoms with Gasteiger partial charge in [-0.05, 0) is 30.6 Å². The standard InChI is InChI=1S/C17H29NO2/c1-12(19)11-13-9-7-6-8-10-18(13)15(20)14-16(2,3)17(14,4)5/h13-14H,6-11H2,1-5H3. The first-order chi connectivity index (χ1) is 9.19. The molecule has 1 saturated heterocycles. The predicted molar refractivity (Wildman–Crippen MR) is 80.3 cm³/mol. The summed E-state index contributed by atoms with van der Waals surface area (Å²) in [6.45, 7) is 11.2. The van der Waals surface area contributed by atoms with E-state index in [2.05, 4.69) is 27.7 Å². The van der Waals surface area contributed by atoms with Crippen molar-refractivity contribution in [2.75, 3.05) is 6.54 Å². The van der Waals surface area contributed by atoms with Crippen LogP contribution in [0.2, 0.25) is 0 Å². The Morgan fingerprint density at radius 3 is 2.15 bits per heavy atom. The number of carbonyl (C=O) groups is 2. The Balaban J connectivity index is 2.15. The molecule has 0 aromatic heterocycles. The summed E-state index contributed by atoms with van der Waals surface area (Å²) in [4.78, 5) is 26.5. The molecule has 3 heteroatoms. The van der Waals surface area contributed by atoms with E-state index >= 15 is 0 Å². The van der Waals surface area contributed by atoms with E-state index in [0.29, 0.717) is 6.42 Å². The molecule has 0 N–H and O–H groups in total. The third-order valence-corrected chi connectivity index (χ3v) is 5.95. The minimum atomic E-state index is 0.0805. The Kier molecular flexibility index (Phi) is 4.01. The number of Topliss-reactive ketones (excluding diaryl/α,β-unsaturated/α-hetero) is 1. The van der Waals surface area contributed by atoms with Crippen molar-refractivity contribution in [3.05, 3.63) is 0 Å². The van der Waals surface area contributed by atoms with Crippen molar-refractivity contribution in [1.82, 2.24) is 4.90 Å². The summed E-state index contributed by atoms with van der Waals surface area (Å²) < 4.78 is 0. The Labute approximate surface area is 123 Å². The smallest absolute Gasteiger partial charge is 0.227 e. The first-order valence-electron chi connectivity index (χ1n) is 7.99. The first-order valence-corrected chi connectivity index (χ1v) is 7.99. The van der Waals surface area contributed by atoms with Crippen LogP contribution in [0, 0.1) is 16.7 Å². The second-order valence-corrected chi connectivity index (χ2v) is 7.82. The van der Waals surface area contributed by atoms with Gasteiger partial charge in [-0.25, -0.2) is 0 Å².